The predicted octanol–water partition coefficient (Wildman–Crippen LogP) is 2.33. The van der Waals surface area contributed by atoms with Crippen molar-refractivity contribution in [2.45, 2.75) is 32.7 Å². The van der Waals surface area contributed by atoms with Crippen LogP contribution < -0.4 is 5.73 Å². The van der Waals surface area contributed by atoms with E-state index in [1.54, 1.807) is 0 Å². The molecule has 1 heterocycles. The zero-order valence-corrected chi connectivity index (χ0v) is 10.9. The van der Waals surface area contributed by atoms with E-state index >= 15 is 0 Å². The van der Waals surface area contributed by atoms with Crippen molar-refractivity contribution in [1.82, 2.24) is 4.90 Å². The number of hydrogen-bond acceptors (Lipinski definition) is 3. The molecule has 0 fully saturated rings. The minimum atomic E-state index is 0.279. The third-order valence-electron chi connectivity index (χ3n) is 2.62. The fraction of sp³-hybridized carbons (Fsp3) is 0.583. The second-order valence-electron chi connectivity index (χ2n) is 4.23. The van der Waals surface area contributed by atoms with E-state index in [1.807, 2.05) is 11.3 Å². The lowest BCUT2D eigenvalue weighted by molar-refractivity contribution is 0.231. The Hall–Kier alpha value is -0.870. The number of rotatable bonds is 7. The summed E-state index contributed by atoms with van der Waals surface area (Å²) >= 11 is 1.81. The van der Waals surface area contributed by atoms with E-state index in [0.29, 0.717) is 12.5 Å². The second-order valence-corrected chi connectivity index (χ2v) is 5.27. The van der Waals surface area contributed by atoms with Gasteiger partial charge in [-0.25, -0.2) is 0 Å². The quantitative estimate of drug-likeness (QED) is 0.567. The molecule has 0 bridgehead atoms. The van der Waals surface area contributed by atoms with Gasteiger partial charge in [0.25, 0.3) is 0 Å². The van der Waals surface area contributed by atoms with Gasteiger partial charge < -0.3 is 10.6 Å². The van der Waals surface area contributed by atoms with Crippen molar-refractivity contribution in [2.75, 3.05) is 13.1 Å². The molecule has 90 valence electrons. The zero-order chi connectivity index (χ0) is 12.0. The fourth-order valence-electron chi connectivity index (χ4n) is 1.60. The van der Waals surface area contributed by atoms with Gasteiger partial charge in [-0.3, -0.25) is 5.41 Å². The third kappa shape index (κ3) is 4.77. The van der Waals surface area contributed by atoms with Crippen LogP contribution in [0.25, 0.3) is 0 Å². The summed E-state index contributed by atoms with van der Waals surface area (Å²) < 4.78 is 0. The average molecular weight is 239 g/mol. The van der Waals surface area contributed by atoms with E-state index < -0.39 is 0 Å². The van der Waals surface area contributed by atoms with Gasteiger partial charge >= 0.3 is 0 Å². The number of hydrogen-bond donors (Lipinski definition) is 2. The van der Waals surface area contributed by atoms with Crippen LogP contribution in [-0.4, -0.2) is 29.9 Å². The highest BCUT2D eigenvalue weighted by molar-refractivity contribution is 7.09. The highest BCUT2D eigenvalue weighted by Crippen LogP contribution is 2.11. The van der Waals surface area contributed by atoms with Crippen LogP contribution in [0, 0.1) is 5.41 Å². The van der Waals surface area contributed by atoms with Crippen LogP contribution in [0.3, 0.4) is 0 Å². The molecule has 1 aromatic heterocycles. The van der Waals surface area contributed by atoms with E-state index in [2.05, 4.69) is 36.3 Å². The van der Waals surface area contributed by atoms with Crippen molar-refractivity contribution in [2.24, 2.45) is 5.73 Å². The van der Waals surface area contributed by atoms with E-state index in [9.17, 15) is 0 Å². The SMILES string of the molecule is CC(C)N(CCC(=N)N)CCc1cccs1. The Balaban J connectivity index is 2.36. The molecule has 1 rings (SSSR count). The van der Waals surface area contributed by atoms with Crippen LogP contribution in [0.1, 0.15) is 25.1 Å². The molecule has 0 aromatic carbocycles. The molecule has 0 spiro atoms. The number of nitrogens with two attached hydrogens (primary N) is 1. The standard InChI is InChI=1S/C12H21N3S/c1-10(2)15(8-6-12(13)14)7-5-11-4-3-9-16-11/h3-4,9-10H,5-8H2,1-2H3,(H3,13,14). The zero-order valence-electron chi connectivity index (χ0n) is 10.1. The molecule has 0 saturated heterocycles. The Morgan fingerprint density at radius 3 is 2.75 bits per heavy atom. The summed E-state index contributed by atoms with van der Waals surface area (Å²) in [6, 6.07) is 4.78. The minimum absolute atomic E-state index is 0.279. The smallest absolute Gasteiger partial charge is 0.0918 e. The molecule has 1 aromatic rings. The van der Waals surface area contributed by atoms with Crippen LogP contribution in [0.2, 0.25) is 0 Å². The van der Waals surface area contributed by atoms with Gasteiger partial charge in [0, 0.05) is 30.4 Å². The normalized spacial score (nSPS) is 11.2. The first-order valence-corrected chi connectivity index (χ1v) is 6.57. The Labute approximate surface area is 102 Å². The summed E-state index contributed by atoms with van der Waals surface area (Å²) in [6.45, 7) is 6.31. The Kier molecular flexibility index (Phi) is 5.49. The fourth-order valence-corrected chi connectivity index (χ4v) is 2.30. The lowest BCUT2D eigenvalue weighted by Crippen LogP contribution is -2.35. The summed E-state index contributed by atoms with van der Waals surface area (Å²) in [5.41, 5.74) is 5.39. The maximum atomic E-state index is 7.25. The number of nitrogens with one attached hydrogen (secondary N) is 1. The van der Waals surface area contributed by atoms with Gasteiger partial charge in [0.05, 0.1) is 5.84 Å². The van der Waals surface area contributed by atoms with Crippen molar-refractivity contribution >= 4 is 17.2 Å². The maximum Gasteiger partial charge on any atom is 0.0918 e. The molecule has 0 radical (unpaired) electrons. The van der Waals surface area contributed by atoms with Crippen molar-refractivity contribution in [3.8, 4) is 0 Å². The Morgan fingerprint density at radius 1 is 1.50 bits per heavy atom. The van der Waals surface area contributed by atoms with Gasteiger partial charge in [0.1, 0.15) is 0 Å². The van der Waals surface area contributed by atoms with Crippen molar-refractivity contribution in [3.63, 3.8) is 0 Å². The monoisotopic (exact) mass is 239 g/mol. The van der Waals surface area contributed by atoms with Gasteiger partial charge in [-0.1, -0.05) is 6.07 Å². The molecule has 3 N–H and O–H groups in total. The van der Waals surface area contributed by atoms with E-state index in [1.165, 1.54) is 4.88 Å². The molecular formula is C12H21N3S. The number of thiophene rings is 1. The van der Waals surface area contributed by atoms with Crippen LogP contribution in [0.4, 0.5) is 0 Å². The molecule has 0 aliphatic heterocycles. The number of nitrogens with zero attached hydrogens (tertiary/aromatic N) is 1. The van der Waals surface area contributed by atoms with E-state index in [4.69, 9.17) is 11.1 Å². The van der Waals surface area contributed by atoms with Gasteiger partial charge in [-0.2, -0.15) is 0 Å². The van der Waals surface area contributed by atoms with E-state index in [0.717, 1.165) is 19.5 Å². The van der Waals surface area contributed by atoms with Gasteiger partial charge in [0.15, 0.2) is 0 Å². The maximum absolute atomic E-state index is 7.25. The van der Waals surface area contributed by atoms with Gasteiger partial charge in [-0.05, 0) is 31.7 Å². The van der Waals surface area contributed by atoms with E-state index in [-0.39, 0.29) is 5.84 Å². The largest absolute Gasteiger partial charge is 0.388 e. The first kappa shape index (κ1) is 13.2. The molecule has 0 aliphatic carbocycles. The molecule has 0 saturated carbocycles. The number of amidine groups is 1. The lowest BCUT2D eigenvalue weighted by atomic mass is 10.2. The van der Waals surface area contributed by atoms with Crippen LogP contribution >= 0.6 is 11.3 Å². The van der Waals surface area contributed by atoms with Crippen LogP contribution in [0.15, 0.2) is 17.5 Å². The molecule has 16 heavy (non-hydrogen) atoms. The summed E-state index contributed by atoms with van der Waals surface area (Å²) in [4.78, 5) is 3.80. The van der Waals surface area contributed by atoms with Gasteiger partial charge in [0.2, 0.25) is 0 Å². The summed E-state index contributed by atoms with van der Waals surface area (Å²) in [6.07, 6.45) is 1.76. The summed E-state index contributed by atoms with van der Waals surface area (Å²) in [7, 11) is 0. The minimum Gasteiger partial charge on any atom is -0.388 e. The van der Waals surface area contributed by atoms with Crippen molar-refractivity contribution < 1.29 is 0 Å². The highest BCUT2D eigenvalue weighted by atomic mass is 32.1. The Morgan fingerprint density at radius 2 is 2.25 bits per heavy atom. The molecular weight excluding hydrogens is 218 g/mol. The molecule has 0 aliphatic rings. The average Bonchev–Trinajstić information content (AvgIpc) is 2.69. The third-order valence-corrected chi connectivity index (χ3v) is 3.56. The molecule has 0 amide bonds. The lowest BCUT2D eigenvalue weighted by Gasteiger charge is -2.25. The van der Waals surface area contributed by atoms with Gasteiger partial charge in [-0.15, -0.1) is 11.3 Å². The summed E-state index contributed by atoms with van der Waals surface area (Å²) in [5.74, 6) is 0.279. The first-order valence-electron chi connectivity index (χ1n) is 5.69. The van der Waals surface area contributed by atoms with Crippen LogP contribution in [0.5, 0.6) is 0 Å². The van der Waals surface area contributed by atoms with Crippen LogP contribution in [-0.2, 0) is 6.42 Å². The molecule has 3 nitrogen and oxygen atoms in total. The Bertz CT molecular complexity index is 306. The molecule has 0 atom stereocenters. The predicted molar refractivity (Wildman–Crippen MR) is 71.3 cm³/mol. The molecule has 0 unspecified atom stereocenters. The summed E-state index contributed by atoms with van der Waals surface area (Å²) in [5, 5.41) is 9.37. The highest BCUT2D eigenvalue weighted by Gasteiger charge is 2.09. The van der Waals surface area contributed by atoms with Crippen molar-refractivity contribution in [3.05, 3.63) is 22.4 Å². The second kappa shape index (κ2) is 6.66. The topological polar surface area (TPSA) is 53.1 Å². The first-order chi connectivity index (χ1) is 7.59. The van der Waals surface area contributed by atoms with Crippen molar-refractivity contribution in [1.29, 1.82) is 5.41 Å². The molecule has 4 heteroatoms.